The number of hydrogen-bond donors (Lipinski definition) is 2. The minimum atomic E-state index is -0.128. The maximum atomic E-state index is 11.1. The Hall–Kier alpha value is -1.10. The number of hydrogen-bond acceptors (Lipinski definition) is 3. The van der Waals surface area contributed by atoms with Crippen LogP contribution >= 0.6 is 12.4 Å². The van der Waals surface area contributed by atoms with Crippen molar-refractivity contribution < 1.29 is 9.53 Å². The van der Waals surface area contributed by atoms with Crippen molar-refractivity contribution in [3.8, 4) is 0 Å². The number of rotatable bonds is 6. The van der Waals surface area contributed by atoms with Crippen molar-refractivity contribution in [1.82, 2.24) is 5.32 Å². The molecule has 0 bridgehead atoms. The summed E-state index contributed by atoms with van der Waals surface area (Å²) in [5.41, 5.74) is 6.30. The lowest BCUT2D eigenvalue weighted by Gasteiger charge is -2.04. The van der Waals surface area contributed by atoms with Crippen molar-refractivity contribution in [1.29, 1.82) is 0 Å². The molecule has 90 valence electrons. The van der Waals surface area contributed by atoms with Gasteiger partial charge >= 0.3 is 0 Å². The van der Waals surface area contributed by atoms with Gasteiger partial charge in [0.15, 0.2) is 0 Å². The third-order valence-corrected chi connectivity index (χ3v) is 1.81. The van der Waals surface area contributed by atoms with Crippen LogP contribution in [-0.2, 0) is 16.1 Å². The first kappa shape index (κ1) is 14.9. The Morgan fingerprint density at radius 2 is 2.00 bits per heavy atom. The largest absolute Gasteiger partial charge is 0.367 e. The molecule has 0 fully saturated rings. The standard InChI is InChI=1S/C11H16N2O2.ClH/c12-6-7-13-11(14)9-15-8-10-4-2-1-3-5-10;/h1-5H,6-9,12H2,(H,13,14);1H. The van der Waals surface area contributed by atoms with Crippen LogP contribution in [0, 0.1) is 0 Å². The average molecular weight is 245 g/mol. The first-order valence-corrected chi connectivity index (χ1v) is 4.91. The van der Waals surface area contributed by atoms with E-state index in [0.717, 1.165) is 5.56 Å². The summed E-state index contributed by atoms with van der Waals surface area (Å²) in [6, 6.07) is 9.73. The Morgan fingerprint density at radius 3 is 2.62 bits per heavy atom. The molecule has 0 saturated heterocycles. The summed E-state index contributed by atoms with van der Waals surface area (Å²) in [5, 5.41) is 2.63. The predicted octanol–water partition coefficient (Wildman–Crippen LogP) is 0.700. The lowest BCUT2D eigenvalue weighted by Crippen LogP contribution is -2.31. The first-order chi connectivity index (χ1) is 7.33. The monoisotopic (exact) mass is 244 g/mol. The average Bonchev–Trinajstić information content (AvgIpc) is 2.28. The van der Waals surface area contributed by atoms with Gasteiger partial charge in [-0.1, -0.05) is 30.3 Å². The van der Waals surface area contributed by atoms with Crippen LogP contribution in [0.25, 0.3) is 0 Å². The molecule has 1 rings (SSSR count). The lowest BCUT2D eigenvalue weighted by molar-refractivity contribution is -0.126. The van der Waals surface area contributed by atoms with Crippen LogP contribution in [0.1, 0.15) is 5.56 Å². The number of benzene rings is 1. The lowest BCUT2D eigenvalue weighted by atomic mass is 10.2. The number of carbonyl (C=O) groups is 1. The Balaban J connectivity index is 0.00000225. The Morgan fingerprint density at radius 1 is 1.31 bits per heavy atom. The van der Waals surface area contributed by atoms with Crippen LogP contribution < -0.4 is 11.1 Å². The van der Waals surface area contributed by atoms with E-state index in [0.29, 0.717) is 19.7 Å². The zero-order valence-electron chi connectivity index (χ0n) is 9.02. The number of ether oxygens (including phenoxy) is 1. The zero-order valence-corrected chi connectivity index (χ0v) is 9.83. The minimum Gasteiger partial charge on any atom is -0.367 e. The molecule has 0 spiro atoms. The fraction of sp³-hybridized carbons (Fsp3) is 0.364. The molecule has 0 aliphatic heterocycles. The van der Waals surface area contributed by atoms with E-state index in [2.05, 4.69) is 5.32 Å². The summed E-state index contributed by atoms with van der Waals surface area (Å²) in [6.07, 6.45) is 0. The van der Waals surface area contributed by atoms with Crippen LogP contribution in [0.3, 0.4) is 0 Å². The molecule has 3 N–H and O–H groups in total. The zero-order chi connectivity index (χ0) is 10.9. The number of nitrogens with one attached hydrogen (secondary N) is 1. The van der Waals surface area contributed by atoms with Gasteiger partial charge in [-0.3, -0.25) is 4.79 Å². The quantitative estimate of drug-likeness (QED) is 0.774. The molecular weight excluding hydrogens is 228 g/mol. The van der Waals surface area contributed by atoms with Crippen molar-refractivity contribution >= 4 is 18.3 Å². The van der Waals surface area contributed by atoms with Gasteiger partial charge in [-0.25, -0.2) is 0 Å². The SMILES string of the molecule is Cl.NCCNC(=O)COCc1ccccc1. The van der Waals surface area contributed by atoms with Crippen LogP contribution in [0.2, 0.25) is 0 Å². The highest BCUT2D eigenvalue weighted by Crippen LogP contribution is 1.99. The number of carbonyl (C=O) groups excluding carboxylic acids is 1. The molecule has 0 unspecified atom stereocenters. The number of amides is 1. The van der Waals surface area contributed by atoms with E-state index in [4.69, 9.17) is 10.5 Å². The van der Waals surface area contributed by atoms with Crippen molar-refractivity contribution in [2.24, 2.45) is 5.73 Å². The minimum absolute atomic E-state index is 0. The molecule has 4 nitrogen and oxygen atoms in total. The summed E-state index contributed by atoms with van der Waals surface area (Å²) < 4.78 is 5.23. The molecule has 0 atom stereocenters. The summed E-state index contributed by atoms with van der Waals surface area (Å²) in [4.78, 5) is 11.1. The third kappa shape index (κ3) is 6.40. The highest BCUT2D eigenvalue weighted by atomic mass is 35.5. The van der Waals surface area contributed by atoms with Crippen LogP contribution in [-0.4, -0.2) is 25.6 Å². The van der Waals surface area contributed by atoms with Crippen molar-refractivity contribution in [2.75, 3.05) is 19.7 Å². The van der Waals surface area contributed by atoms with Crippen molar-refractivity contribution in [2.45, 2.75) is 6.61 Å². The van der Waals surface area contributed by atoms with Crippen molar-refractivity contribution in [3.63, 3.8) is 0 Å². The van der Waals surface area contributed by atoms with Crippen molar-refractivity contribution in [3.05, 3.63) is 35.9 Å². The number of nitrogens with two attached hydrogens (primary N) is 1. The van der Waals surface area contributed by atoms with Gasteiger partial charge in [0.2, 0.25) is 5.91 Å². The maximum absolute atomic E-state index is 11.1. The van der Waals surface area contributed by atoms with Gasteiger partial charge in [0, 0.05) is 13.1 Å². The van der Waals surface area contributed by atoms with E-state index >= 15 is 0 Å². The van der Waals surface area contributed by atoms with Crippen LogP contribution in [0.15, 0.2) is 30.3 Å². The van der Waals surface area contributed by atoms with Gasteiger partial charge in [-0.15, -0.1) is 12.4 Å². The second-order valence-electron chi connectivity index (χ2n) is 3.12. The fourth-order valence-corrected chi connectivity index (χ4v) is 1.10. The van der Waals surface area contributed by atoms with E-state index < -0.39 is 0 Å². The molecule has 1 amide bonds. The summed E-state index contributed by atoms with van der Waals surface area (Å²) in [5.74, 6) is -0.128. The second kappa shape index (κ2) is 9.15. The van der Waals surface area contributed by atoms with E-state index in [1.807, 2.05) is 30.3 Å². The molecule has 5 heteroatoms. The predicted molar refractivity (Wildman–Crippen MR) is 65.4 cm³/mol. The van der Waals surface area contributed by atoms with Gasteiger partial charge in [-0.05, 0) is 5.56 Å². The maximum Gasteiger partial charge on any atom is 0.246 e. The van der Waals surface area contributed by atoms with E-state index in [1.165, 1.54) is 0 Å². The summed E-state index contributed by atoms with van der Waals surface area (Å²) >= 11 is 0. The van der Waals surface area contributed by atoms with Crippen LogP contribution in [0.5, 0.6) is 0 Å². The molecule has 0 aliphatic carbocycles. The first-order valence-electron chi connectivity index (χ1n) is 4.91. The van der Waals surface area contributed by atoms with Gasteiger partial charge in [0.1, 0.15) is 6.61 Å². The molecule has 0 aromatic heterocycles. The summed E-state index contributed by atoms with van der Waals surface area (Å²) in [6.45, 7) is 1.48. The molecule has 1 aromatic rings. The highest BCUT2D eigenvalue weighted by Gasteiger charge is 1.99. The van der Waals surface area contributed by atoms with E-state index in [-0.39, 0.29) is 24.9 Å². The van der Waals surface area contributed by atoms with Gasteiger partial charge in [0.05, 0.1) is 6.61 Å². The Kier molecular flexibility index (Phi) is 8.52. The highest BCUT2D eigenvalue weighted by molar-refractivity contribution is 5.85. The van der Waals surface area contributed by atoms with Gasteiger partial charge in [0.25, 0.3) is 0 Å². The molecule has 0 aliphatic rings. The Bertz CT molecular complexity index is 293. The smallest absolute Gasteiger partial charge is 0.246 e. The molecule has 0 saturated carbocycles. The number of halogens is 1. The van der Waals surface area contributed by atoms with Crippen LogP contribution in [0.4, 0.5) is 0 Å². The molecule has 1 aromatic carbocycles. The molecule has 0 radical (unpaired) electrons. The van der Waals surface area contributed by atoms with Gasteiger partial charge in [-0.2, -0.15) is 0 Å². The summed E-state index contributed by atoms with van der Waals surface area (Å²) in [7, 11) is 0. The normalized spacial score (nSPS) is 9.31. The molecular formula is C11H17ClN2O2. The fourth-order valence-electron chi connectivity index (χ4n) is 1.10. The van der Waals surface area contributed by atoms with E-state index in [1.54, 1.807) is 0 Å². The van der Waals surface area contributed by atoms with E-state index in [9.17, 15) is 4.79 Å². The second-order valence-corrected chi connectivity index (χ2v) is 3.12. The third-order valence-electron chi connectivity index (χ3n) is 1.81. The Labute approximate surface area is 102 Å². The van der Waals surface area contributed by atoms with Gasteiger partial charge < -0.3 is 15.8 Å². The molecule has 0 heterocycles. The molecule has 16 heavy (non-hydrogen) atoms. The topological polar surface area (TPSA) is 64.3 Å².